The van der Waals surface area contributed by atoms with Gasteiger partial charge in [0.2, 0.25) is 5.00 Å². The molecule has 0 aromatic carbocycles. The summed E-state index contributed by atoms with van der Waals surface area (Å²) in [5.41, 5.74) is 0.0851. The molecule has 0 saturated carbocycles. The third-order valence-corrected chi connectivity index (χ3v) is 4.25. The maximum Gasteiger partial charge on any atom is 0.305 e. The van der Waals surface area contributed by atoms with Crippen LogP contribution in [0.4, 0.5) is 5.00 Å². The molecule has 4 nitrogen and oxygen atoms in total. The molecule has 0 saturated heterocycles. The molecule has 0 aliphatic rings. The fourth-order valence-electron chi connectivity index (χ4n) is 2.17. The molecule has 20 heavy (non-hydrogen) atoms. The summed E-state index contributed by atoms with van der Waals surface area (Å²) in [5.74, 6) is -0.233. The third-order valence-electron chi connectivity index (χ3n) is 3.42. The zero-order valence-corrected chi connectivity index (χ0v) is 12.8. The smallest absolute Gasteiger partial charge is 0.305 e. The lowest BCUT2D eigenvalue weighted by atomic mass is 9.71. The van der Waals surface area contributed by atoms with Crippen LogP contribution in [0, 0.1) is 23.8 Å². The number of hydrogen-bond donors (Lipinski definition) is 0. The number of nitriles is 1. The molecule has 106 valence electrons. The van der Waals surface area contributed by atoms with Crippen molar-refractivity contribution in [2.45, 2.75) is 39.0 Å². The standard InChI is InChI=1S/C15H18N2O2S/c1-5-19-14(18)6-7-15(10-16,11(2)3)12-8-13(17-4)20-9-12/h8-9,11H,5-7H2,1-3H3. The monoisotopic (exact) mass is 290 g/mol. The van der Waals surface area contributed by atoms with Gasteiger partial charge in [-0.25, -0.2) is 4.85 Å². The van der Waals surface area contributed by atoms with E-state index in [1.165, 1.54) is 11.3 Å². The average Bonchev–Trinajstić information content (AvgIpc) is 2.89. The average molecular weight is 290 g/mol. The molecule has 5 heteroatoms. The minimum Gasteiger partial charge on any atom is -0.466 e. The van der Waals surface area contributed by atoms with E-state index in [4.69, 9.17) is 11.3 Å². The number of thiophene rings is 1. The molecule has 0 fully saturated rings. The van der Waals surface area contributed by atoms with E-state index in [1.54, 1.807) is 13.0 Å². The predicted octanol–water partition coefficient (Wildman–Crippen LogP) is 4.06. The van der Waals surface area contributed by atoms with Gasteiger partial charge in [-0.15, -0.1) is 0 Å². The topological polar surface area (TPSA) is 54.5 Å². The highest BCUT2D eigenvalue weighted by atomic mass is 32.1. The molecule has 0 spiro atoms. The second-order valence-electron chi connectivity index (χ2n) is 4.83. The van der Waals surface area contributed by atoms with E-state index in [9.17, 15) is 10.1 Å². The number of esters is 1. The Bertz CT molecular complexity index is 551. The quantitative estimate of drug-likeness (QED) is 0.586. The highest BCUT2D eigenvalue weighted by Gasteiger charge is 2.37. The van der Waals surface area contributed by atoms with Crippen LogP contribution in [0.5, 0.6) is 0 Å². The predicted molar refractivity (Wildman–Crippen MR) is 78.6 cm³/mol. The Morgan fingerprint density at radius 1 is 1.65 bits per heavy atom. The molecule has 0 aliphatic carbocycles. The summed E-state index contributed by atoms with van der Waals surface area (Å²) >= 11 is 1.33. The van der Waals surface area contributed by atoms with Gasteiger partial charge in [0, 0.05) is 6.42 Å². The third kappa shape index (κ3) is 3.37. The normalized spacial score (nSPS) is 13.3. The van der Waals surface area contributed by atoms with Crippen LogP contribution >= 0.6 is 11.3 Å². The lowest BCUT2D eigenvalue weighted by Crippen LogP contribution is -2.31. The number of nitrogens with zero attached hydrogens (tertiary/aromatic N) is 2. The number of carbonyl (C=O) groups excluding carboxylic acids is 1. The molecule has 1 atom stereocenters. The lowest BCUT2D eigenvalue weighted by Gasteiger charge is -2.30. The maximum atomic E-state index is 11.5. The molecule has 0 bridgehead atoms. The van der Waals surface area contributed by atoms with Gasteiger partial charge in [0.05, 0.1) is 24.7 Å². The Balaban J connectivity index is 3.02. The molecule has 0 N–H and O–H groups in total. The van der Waals surface area contributed by atoms with Crippen LogP contribution in [0.25, 0.3) is 4.85 Å². The van der Waals surface area contributed by atoms with Crippen molar-refractivity contribution in [3.05, 3.63) is 28.4 Å². The maximum absolute atomic E-state index is 11.5. The molecule has 1 aromatic heterocycles. The van der Waals surface area contributed by atoms with Crippen molar-refractivity contribution >= 4 is 22.3 Å². The highest BCUT2D eigenvalue weighted by molar-refractivity contribution is 7.14. The second kappa shape index (κ2) is 7.07. The summed E-state index contributed by atoms with van der Waals surface area (Å²) in [6, 6.07) is 4.12. The van der Waals surface area contributed by atoms with Crippen molar-refractivity contribution in [3.8, 4) is 6.07 Å². The fraction of sp³-hybridized carbons (Fsp3) is 0.533. The van der Waals surface area contributed by atoms with E-state index < -0.39 is 5.41 Å². The zero-order chi connectivity index (χ0) is 15.2. The largest absolute Gasteiger partial charge is 0.466 e. The van der Waals surface area contributed by atoms with Crippen molar-refractivity contribution < 1.29 is 9.53 Å². The summed E-state index contributed by atoms with van der Waals surface area (Å²) in [7, 11) is 0. The summed E-state index contributed by atoms with van der Waals surface area (Å²) in [6.07, 6.45) is 0.622. The second-order valence-corrected chi connectivity index (χ2v) is 5.72. The first kappa shape index (κ1) is 16.2. The Morgan fingerprint density at radius 2 is 2.35 bits per heavy atom. The highest BCUT2D eigenvalue weighted by Crippen LogP contribution is 2.40. The van der Waals surface area contributed by atoms with Gasteiger partial charge >= 0.3 is 5.97 Å². The number of carbonyl (C=O) groups is 1. The van der Waals surface area contributed by atoms with Crippen molar-refractivity contribution in [1.29, 1.82) is 5.26 Å². The van der Waals surface area contributed by atoms with Gasteiger partial charge < -0.3 is 4.74 Å². The molecule has 1 rings (SSSR count). The van der Waals surface area contributed by atoms with Crippen LogP contribution < -0.4 is 0 Å². The van der Waals surface area contributed by atoms with E-state index in [2.05, 4.69) is 10.9 Å². The van der Waals surface area contributed by atoms with E-state index in [-0.39, 0.29) is 18.3 Å². The Kier molecular flexibility index (Phi) is 5.73. The molecule has 1 heterocycles. The van der Waals surface area contributed by atoms with E-state index in [1.807, 2.05) is 19.2 Å². The van der Waals surface area contributed by atoms with Crippen molar-refractivity contribution in [2.75, 3.05) is 6.61 Å². The van der Waals surface area contributed by atoms with Crippen molar-refractivity contribution in [3.63, 3.8) is 0 Å². The molecular formula is C15H18N2O2S. The van der Waals surface area contributed by atoms with Gasteiger partial charge in [-0.3, -0.25) is 4.79 Å². The van der Waals surface area contributed by atoms with E-state index in [0.29, 0.717) is 18.0 Å². The minimum atomic E-state index is -0.744. The van der Waals surface area contributed by atoms with Crippen LogP contribution in [-0.4, -0.2) is 12.6 Å². The Labute approximate surface area is 123 Å². The molecular weight excluding hydrogens is 272 g/mol. The Hall–Kier alpha value is -1.85. The van der Waals surface area contributed by atoms with Crippen molar-refractivity contribution in [2.24, 2.45) is 5.92 Å². The first-order chi connectivity index (χ1) is 9.50. The molecule has 0 aliphatic heterocycles. The summed E-state index contributed by atoms with van der Waals surface area (Å²) < 4.78 is 4.93. The van der Waals surface area contributed by atoms with Gasteiger partial charge in [0.15, 0.2) is 0 Å². The van der Waals surface area contributed by atoms with Gasteiger partial charge in [-0.2, -0.15) is 16.6 Å². The molecule has 1 aromatic rings. The van der Waals surface area contributed by atoms with Gasteiger partial charge in [0.1, 0.15) is 0 Å². The molecule has 1 unspecified atom stereocenters. The zero-order valence-electron chi connectivity index (χ0n) is 12.0. The minimum absolute atomic E-state index is 0.0510. The molecule has 0 radical (unpaired) electrons. The number of hydrogen-bond acceptors (Lipinski definition) is 4. The SMILES string of the molecule is [C-]#[N+]c1cc(C(C#N)(CCC(=O)OCC)C(C)C)cs1. The van der Waals surface area contributed by atoms with Crippen LogP contribution in [0.3, 0.4) is 0 Å². The van der Waals surface area contributed by atoms with Gasteiger partial charge in [-0.05, 0) is 36.3 Å². The van der Waals surface area contributed by atoms with Crippen LogP contribution in [-0.2, 0) is 14.9 Å². The van der Waals surface area contributed by atoms with Crippen LogP contribution in [0.2, 0.25) is 0 Å². The van der Waals surface area contributed by atoms with Gasteiger partial charge in [-0.1, -0.05) is 13.8 Å². The van der Waals surface area contributed by atoms with E-state index >= 15 is 0 Å². The van der Waals surface area contributed by atoms with Crippen molar-refractivity contribution in [1.82, 2.24) is 0 Å². The Morgan fingerprint density at radius 3 is 2.80 bits per heavy atom. The lowest BCUT2D eigenvalue weighted by molar-refractivity contribution is -0.143. The van der Waals surface area contributed by atoms with E-state index in [0.717, 1.165) is 5.56 Å². The first-order valence-electron chi connectivity index (χ1n) is 6.53. The molecule has 0 amide bonds. The fourth-order valence-corrected chi connectivity index (χ4v) is 2.94. The summed E-state index contributed by atoms with van der Waals surface area (Å²) in [5, 5.41) is 12.1. The number of rotatable bonds is 6. The van der Waals surface area contributed by atoms with Crippen LogP contribution in [0.1, 0.15) is 39.2 Å². The summed E-state index contributed by atoms with van der Waals surface area (Å²) in [4.78, 5) is 14.9. The first-order valence-corrected chi connectivity index (χ1v) is 7.41. The summed E-state index contributed by atoms with van der Waals surface area (Å²) in [6.45, 7) is 13.1. The number of ether oxygens (including phenoxy) is 1. The van der Waals surface area contributed by atoms with Gasteiger partial charge in [0.25, 0.3) is 0 Å². The van der Waals surface area contributed by atoms with Crippen LogP contribution in [0.15, 0.2) is 11.4 Å².